The fourth-order valence-electron chi connectivity index (χ4n) is 3.62. The molecule has 0 saturated carbocycles. The summed E-state index contributed by atoms with van der Waals surface area (Å²) in [6.45, 7) is 3.77. The summed E-state index contributed by atoms with van der Waals surface area (Å²) in [6, 6.07) is 20.2. The third kappa shape index (κ3) is 6.16. The summed E-state index contributed by atoms with van der Waals surface area (Å²) in [4.78, 5) is 12.7. The number of amides is 1. The minimum Gasteiger partial charge on any atom is -0.358 e. The van der Waals surface area contributed by atoms with Gasteiger partial charge in [0.05, 0.1) is 0 Å². The molecule has 2 N–H and O–H groups in total. The van der Waals surface area contributed by atoms with Crippen LogP contribution < -0.4 is 10.6 Å². The van der Waals surface area contributed by atoms with Crippen LogP contribution in [-0.4, -0.2) is 13.0 Å². The van der Waals surface area contributed by atoms with Crippen LogP contribution in [0, 0.1) is 19.7 Å². The molecular weight excluding hydrogens is 411 g/mol. The molecule has 3 aromatic rings. The first-order valence-electron chi connectivity index (χ1n) is 10.4. The highest BCUT2D eigenvalue weighted by Gasteiger charge is 2.24. The number of nitrogens with one attached hydrogen (secondary N) is 2. The third-order valence-electron chi connectivity index (χ3n) is 5.51. The van der Waals surface area contributed by atoms with Crippen molar-refractivity contribution in [3.8, 4) is 0 Å². The fourth-order valence-corrected chi connectivity index (χ4v) is 3.75. The topological polar surface area (TPSA) is 41.1 Å². The molecule has 3 rings (SSSR count). The number of carbonyl (C=O) groups excluding carboxylic acids is 1. The summed E-state index contributed by atoms with van der Waals surface area (Å²) in [5, 5.41) is 6.98. The van der Waals surface area contributed by atoms with E-state index in [1.807, 2.05) is 61.5 Å². The molecule has 0 radical (unpaired) electrons. The van der Waals surface area contributed by atoms with Gasteiger partial charge in [-0.1, -0.05) is 65.7 Å². The lowest BCUT2D eigenvalue weighted by atomic mass is 9.95. The van der Waals surface area contributed by atoms with E-state index in [0.717, 1.165) is 35.1 Å². The van der Waals surface area contributed by atoms with Gasteiger partial charge in [-0.15, -0.1) is 0 Å². The molecule has 0 spiro atoms. The maximum absolute atomic E-state index is 13.9. The number of benzene rings is 3. The van der Waals surface area contributed by atoms with Crippen molar-refractivity contribution < 1.29 is 9.18 Å². The van der Waals surface area contributed by atoms with Gasteiger partial charge in [-0.05, 0) is 67.1 Å². The van der Waals surface area contributed by atoms with Crippen molar-refractivity contribution in [2.24, 2.45) is 0 Å². The lowest BCUT2D eigenvalue weighted by Gasteiger charge is -2.26. The first-order chi connectivity index (χ1) is 14.9. The minimum atomic E-state index is -0.522. The molecule has 3 nitrogen and oxygen atoms in total. The Labute approximate surface area is 188 Å². The van der Waals surface area contributed by atoms with Crippen molar-refractivity contribution >= 4 is 17.5 Å². The third-order valence-corrected chi connectivity index (χ3v) is 5.76. The molecule has 2 unspecified atom stereocenters. The van der Waals surface area contributed by atoms with Gasteiger partial charge in [-0.3, -0.25) is 10.1 Å². The van der Waals surface area contributed by atoms with Crippen molar-refractivity contribution in [1.82, 2.24) is 10.6 Å². The Morgan fingerprint density at radius 2 is 1.61 bits per heavy atom. The molecule has 0 heterocycles. The Morgan fingerprint density at radius 1 is 0.968 bits per heavy atom. The number of hydrogen-bond donors (Lipinski definition) is 2. The van der Waals surface area contributed by atoms with E-state index in [9.17, 15) is 9.18 Å². The van der Waals surface area contributed by atoms with Crippen LogP contribution in [0.5, 0.6) is 0 Å². The summed E-state index contributed by atoms with van der Waals surface area (Å²) >= 11 is 6.01. The minimum absolute atomic E-state index is 0.112. The summed E-state index contributed by atoms with van der Waals surface area (Å²) in [6.07, 6.45) is 1.53. The molecule has 0 aliphatic carbocycles. The number of halogens is 2. The average molecular weight is 439 g/mol. The zero-order valence-corrected chi connectivity index (χ0v) is 18.8. The van der Waals surface area contributed by atoms with Crippen molar-refractivity contribution in [3.63, 3.8) is 0 Å². The number of carbonyl (C=O) groups is 1. The molecule has 0 aromatic heterocycles. The predicted octanol–water partition coefficient (Wildman–Crippen LogP) is 5.85. The van der Waals surface area contributed by atoms with E-state index in [2.05, 4.69) is 10.6 Å². The largest absolute Gasteiger partial charge is 0.358 e. The van der Waals surface area contributed by atoms with Crippen molar-refractivity contribution in [2.45, 2.75) is 38.8 Å². The number of rotatable bonds is 8. The van der Waals surface area contributed by atoms with Crippen LogP contribution in [0.4, 0.5) is 4.39 Å². The van der Waals surface area contributed by atoms with Gasteiger partial charge in [0.15, 0.2) is 0 Å². The molecule has 2 atom stereocenters. The van der Waals surface area contributed by atoms with Gasteiger partial charge >= 0.3 is 0 Å². The van der Waals surface area contributed by atoms with E-state index in [1.54, 1.807) is 20.0 Å². The normalized spacial score (nSPS) is 12.9. The lowest BCUT2D eigenvalue weighted by molar-refractivity contribution is -0.123. The molecule has 0 aliphatic heterocycles. The van der Waals surface area contributed by atoms with Crippen LogP contribution >= 0.6 is 11.6 Å². The SMILES string of the molecule is CNC(=O)C(NC(CCc1ccc(Cl)cc1)c1ccc(F)c(C)c1)c1ccc(C)cc1. The fraction of sp³-hybridized carbons (Fsp3) is 0.269. The number of aryl methyl sites for hydroxylation is 3. The van der Waals surface area contributed by atoms with Crippen molar-refractivity contribution in [2.75, 3.05) is 7.05 Å². The van der Waals surface area contributed by atoms with Gasteiger partial charge in [0.2, 0.25) is 5.91 Å². The molecule has 31 heavy (non-hydrogen) atoms. The van der Waals surface area contributed by atoms with Gasteiger partial charge in [-0.2, -0.15) is 0 Å². The van der Waals surface area contributed by atoms with Crippen molar-refractivity contribution in [1.29, 1.82) is 0 Å². The second-order valence-electron chi connectivity index (χ2n) is 7.85. The standard InChI is InChI=1S/C26H28ClFN2O/c1-17-4-9-20(10-5-17)25(26(31)29-3)30-24(21-11-14-23(28)18(2)16-21)15-8-19-6-12-22(27)13-7-19/h4-7,9-14,16,24-25,30H,8,15H2,1-3H3,(H,29,31). The van der Waals surface area contributed by atoms with Crippen LogP contribution in [0.1, 0.15) is 46.3 Å². The maximum Gasteiger partial charge on any atom is 0.241 e. The number of likely N-dealkylation sites (N-methyl/N-ethyl adjacent to an activating group) is 1. The summed E-state index contributed by atoms with van der Waals surface area (Å²) in [7, 11) is 1.63. The van der Waals surface area contributed by atoms with Crippen LogP contribution in [0.15, 0.2) is 66.7 Å². The van der Waals surface area contributed by atoms with Crippen LogP contribution in [-0.2, 0) is 11.2 Å². The van der Waals surface area contributed by atoms with Crippen molar-refractivity contribution in [3.05, 3.63) is 105 Å². The van der Waals surface area contributed by atoms with E-state index in [1.165, 1.54) is 6.07 Å². The van der Waals surface area contributed by atoms with Crippen LogP contribution in [0.2, 0.25) is 5.02 Å². The lowest BCUT2D eigenvalue weighted by Crippen LogP contribution is -2.38. The summed E-state index contributed by atoms with van der Waals surface area (Å²) < 4.78 is 13.9. The van der Waals surface area contributed by atoms with Gasteiger partial charge in [0, 0.05) is 18.1 Å². The monoisotopic (exact) mass is 438 g/mol. The molecule has 0 saturated heterocycles. The second-order valence-corrected chi connectivity index (χ2v) is 8.29. The zero-order valence-electron chi connectivity index (χ0n) is 18.1. The highest BCUT2D eigenvalue weighted by molar-refractivity contribution is 6.30. The smallest absolute Gasteiger partial charge is 0.241 e. The average Bonchev–Trinajstić information content (AvgIpc) is 2.77. The van der Waals surface area contributed by atoms with E-state index < -0.39 is 6.04 Å². The van der Waals surface area contributed by atoms with E-state index in [4.69, 9.17) is 11.6 Å². The van der Waals surface area contributed by atoms with E-state index >= 15 is 0 Å². The molecule has 0 bridgehead atoms. The Hall–Kier alpha value is -2.69. The highest BCUT2D eigenvalue weighted by atomic mass is 35.5. The van der Waals surface area contributed by atoms with E-state index in [0.29, 0.717) is 10.6 Å². The zero-order chi connectivity index (χ0) is 22.4. The summed E-state index contributed by atoms with van der Waals surface area (Å²) in [5.41, 5.74) is 4.71. The van der Waals surface area contributed by atoms with Gasteiger partial charge in [-0.25, -0.2) is 4.39 Å². The van der Waals surface area contributed by atoms with Gasteiger partial charge < -0.3 is 5.32 Å². The van der Waals surface area contributed by atoms with Gasteiger partial charge in [0.25, 0.3) is 0 Å². The first kappa shape index (κ1) is 23.0. The molecule has 1 amide bonds. The first-order valence-corrected chi connectivity index (χ1v) is 10.8. The summed E-state index contributed by atoms with van der Waals surface area (Å²) in [5.74, 6) is -0.347. The molecule has 0 aliphatic rings. The predicted molar refractivity (Wildman–Crippen MR) is 125 cm³/mol. The van der Waals surface area contributed by atoms with E-state index in [-0.39, 0.29) is 17.8 Å². The van der Waals surface area contributed by atoms with Crippen LogP contribution in [0.3, 0.4) is 0 Å². The molecular formula is C26H28ClFN2O. The quantitative estimate of drug-likeness (QED) is 0.463. The Kier molecular flexibility index (Phi) is 7.83. The van der Waals surface area contributed by atoms with Crippen LogP contribution in [0.25, 0.3) is 0 Å². The van der Waals surface area contributed by atoms with Gasteiger partial charge in [0.1, 0.15) is 11.9 Å². The highest BCUT2D eigenvalue weighted by Crippen LogP contribution is 2.26. The second kappa shape index (κ2) is 10.6. The Morgan fingerprint density at radius 3 is 2.23 bits per heavy atom. The molecule has 162 valence electrons. The number of hydrogen-bond acceptors (Lipinski definition) is 2. The molecule has 0 fully saturated rings. The Balaban J connectivity index is 1.90. The Bertz CT molecular complexity index is 1020. The maximum atomic E-state index is 13.9. The molecule has 5 heteroatoms. The molecule has 3 aromatic carbocycles.